The fraction of sp³-hybridized carbons (Fsp3) is 0.333. The number of halogens is 12. The molecule has 0 aromatic carbocycles. The van der Waals surface area contributed by atoms with Crippen molar-refractivity contribution in [2.45, 2.75) is 24.7 Å². The van der Waals surface area contributed by atoms with Crippen LogP contribution in [0.15, 0.2) is 12.1 Å². The van der Waals surface area contributed by atoms with Crippen LogP contribution in [0, 0.1) is 14.9 Å². The molecule has 2 rings (SSSR count). The van der Waals surface area contributed by atoms with Crippen LogP contribution in [-0.4, -0.2) is 10.2 Å². The molecule has 0 amide bonds. The molecule has 0 atom stereocenters. The number of hydrogen-bond donors (Lipinski definition) is 0. The molecular formula is C12H8Cu2F12N4. The second-order valence-corrected chi connectivity index (χ2v) is 4.22. The van der Waals surface area contributed by atoms with Gasteiger partial charge in [0.1, 0.15) is 11.4 Å². The van der Waals surface area contributed by atoms with E-state index >= 15 is 0 Å². The van der Waals surface area contributed by atoms with Crippen LogP contribution in [0.3, 0.4) is 0 Å². The summed E-state index contributed by atoms with van der Waals surface area (Å²) < 4.78 is 141. The number of nitrogens with zero attached hydrogens (tertiary/aromatic N) is 4. The first-order chi connectivity index (χ1) is 11.4. The van der Waals surface area contributed by atoms with E-state index in [1.165, 1.54) is 0 Å². The predicted molar refractivity (Wildman–Crippen MR) is 68.0 cm³/mol. The van der Waals surface area contributed by atoms with E-state index in [4.69, 9.17) is 0 Å². The van der Waals surface area contributed by atoms with Crippen molar-refractivity contribution in [1.29, 1.82) is 0 Å². The smallest absolute Gasteiger partial charge is 0.571 e. The summed E-state index contributed by atoms with van der Waals surface area (Å²) in [5.74, 6) is 0. The summed E-state index contributed by atoms with van der Waals surface area (Å²) in [6.07, 6.45) is -19.6. The van der Waals surface area contributed by atoms with Gasteiger partial charge in [-0.15, -0.1) is 0 Å². The summed E-state index contributed by atoms with van der Waals surface area (Å²) in [5, 5.41) is 9.44. The van der Waals surface area contributed by atoms with Crippen LogP contribution in [0.4, 0.5) is 52.7 Å². The van der Waals surface area contributed by atoms with Gasteiger partial charge in [-0.2, -0.15) is 52.7 Å². The molecule has 4 nitrogen and oxygen atoms in total. The maximum absolute atomic E-state index is 11.7. The molecule has 30 heavy (non-hydrogen) atoms. The Kier molecular flexibility index (Phi) is 14.2. The van der Waals surface area contributed by atoms with Crippen LogP contribution in [0.2, 0.25) is 0 Å². The molecule has 0 unspecified atom stereocenters. The van der Waals surface area contributed by atoms with Crippen molar-refractivity contribution in [3.8, 4) is 0 Å². The van der Waals surface area contributed by atoms with Crippen LogP contribution in [-0.2, 0) is 58.8 Å². The Morgan fingerprint density at radius 1 is 0.500 bits per heavy atom. The van der Waals surface area contributed by atoms with Crippen molar-refractivity contribution in [3.63, 3.8) is 0 Å². The molecule has 2 radical (unpaired) electrons. The maximum atomic E-state index is 11.7. The van der Waals surface area contributed by atoms with Gasteiger partial charge in [0.15, 0.2) is 0 Å². The van der Waals surface area contributed by atoms with Crippen LogP contribution >= 0.6 is 0 Å². The van der Waals surface area contributed by atoms with Crippen molar-refractivity contribution >= 4 is 0 Å². The Morgan fingerprint density at radius 3 is 0.833 bits per heavy atom. The molecule has 2 aromatic heterocycles. The summed E-state index contributed by atoms with van der Waals surface area (Å²) in [4.78, 5) is 0. The average Bonchev–Trinajstić information content (AvgIpc) is 3.06. The van der Waals surface area contributed by atoms with E-state index in [9.17, 15) is 52.7 Å². The van der Waals surface area contributed by atoms with Crippen LogP contribution in [0.5, 0.6) is 0 Å². The zero-order valence-electron chi connectivity index (χ0n) is 14.1. The maximum Gasteiger partial charge on any atom is 2.00 e. The van der Waals surface area contributed by atoms with Gasteiger partial charge in [0, 0.05) is 0 Å². The summed E-state index contributed by atoms with van der Waals surface area (Å²) in [6, 6.07) is -0.278. The minimum atomic E-state index is -4.89. The second kappa shape index (κ2) is 11.9. The molecule has 18 heteroatoms. The molecule has 2 aromatic rings. The fourth-order valence-electron chi connectivity index (χ4n) is 1.14. The van der Waals surface area contributed by atoms with Gasteiger partial charge in [-0.25, -0.2) is 0 Å². The first kappa shape index (κ1) is 36.0. The SMILES string of the molecule is FC(F)(F)c1cc(C(F)(F)F)[n-]n1.FC(F)(F)c1cc(C(F)(F)F)[n-]n1.[CH3-].[CH3-].[Cu+2].[Cu+2]. The second-order valence-electron chi connectivity index (χ2n) is 4.22. The first-order valence-electron chi connectivity index (χ1n) is 5.72. The van der Waals surface area contributed by atoms with Crippen molar-refractivity contribution in [1.82, 2.24) is 20.4 Å². The Morgan fingerprint density at radius 2 is 0.733 bits per heavy atom. The monoisotopic (exact) mass is 562 g/mol. The number of alkyl halides is 12. The van der Waals surface area contributed by atoms with Crippen molar-refractivity contribution < 1.29 is 86.8 Å². The van der Waals surface area contributed by atoms with E-state index in [2.05, 4.69) is 20.4 Å². The molecule has 0 bridgehead atoms. The summed E-state index contributed by atoms with van der Waals surface area (Å²) in [5.41, 5.74) is -6.56. The topological polar surface area (TPSA) is 54.0 Å². The van der Waals surface area contributed by atoms with E-state index in [0.29, 0.717) is 0 Å². The van der Waals surface area contributed by atoms with Crippen molar-refractivity contribution in [2.24, 2.45) is 0 Å². The quantitative estimate of drug-likeness (QED) is 0.256. The fourth-order valence-corrected chi connectivity index (χ4v) is 1.14. The normalized spacial score (nSPS) is 11.6. The van der Waals surface area contributed by atoms with Gasteiger partial charge in [-0.3, -0.25) is 0 Å². The van der Waals surface area contributed by atoms with Gasteiger partial charge in [0.25, 0.3) is 0 Å². The van der Waals surface area contributed by atoms with Crippen molar-refractivity contribution in [3.05, 3.63) is 49.8 Å². The van der Waals surface area contributed by atoms with Gasteiger partial charge in [0.05, 0.1) is 0 Å². The number of rotatable bonds is 0. The third kappa shape index (κ3) is 10.6. The minimum absolute atomic E-state index is 0. The van der Waals surface area contributed by atoms with E-state index in [1.54, 1.807) is 0 Å². The molecule has 2 heterocycles. The van der Waals surface area contributed by atoms with Crippen LogP contribution in [0.1, 0.15) is 22.8 Å². The molecule has 0 saturated carbocycles. The number of hydrogen-bond acceptors (Lipinski definition) is 2. The zero-order chi connectivity index (χ0) is 20.6. The molecular weight excluding hydrogens is 555 g/mol. The van der Waals surface area contributed by atoms with Gasteiger partial charge >= 0.3 is 58.8 Å². The third-order valence-electron chi connectivity index (χ3n) is 2.24. The van der Waals surface area contributed by atoms with Gasteiger partial charge in [-0.1, -0.05) is 0 Å². The minimum Gasteiger partial charge on any atom is -0.571 e. The van der Waals surface area contributed by atoms with Gasteiger partial charge < -0.3 is 35.2 Å². The zero-order valence-corrected chi connectivity index (χ0v) is 16.0. The van der Waals surface area contributed by atoms with Crippen LogP contribution < -0.4 is 10.2 Å². The van der Waals surface area contributed by atoms with Crippen molar-refractivity contribution in [2.75, 3.05) is 0 Å². The Labute approximate surface area is 182 Å². The van der Waals surface area contributed by atoms with Crippen LogP contribution in [0.25, 0.3) is 0 Å². The molecule has 0 spiro atoms. The van der Waals surface area contributed by atoms with E-state index in [-0.39, 0.29) is 61.1 Å². The standard InChI is InChI=1S/2C5HF6N2.2CH3.2Cu/c2*6-4(7,8)2-1-3(13-12-2)5(9,10)11;;;;/h2*1H;2*1H3;;/q4*-1;2*+2. The third-order valence-corrected chi connectivity index (χ3v) is 2.24. The van der Waals surface area contributed by atoms with E-state index in [1.807, 2.05) is 0 Å². The summed E-state index contributed by atoms with van der Waals surface area (Å²) >= 11 is 0. The average molecular weight is 563 g/mol. The Bertz CT molecular complexity index is 608. The molecule has 0 aliphatic heterocycles. The van der Waals surface area contributed by atoms with Gasteiger partial charge in [-0.05, 0) is 23.5 Å². The van der Waals surface area contributed by atoms with E-state index < -0.39 is 47.5 Å². The largest absolute Gasteiger partial charge is 2.00 e. The molecule has 182 valence electrons. The Balaban J connectivity index is -0.000000199. The van der Waals surface area contributed by atoms with E-state index in [0.717, 1.165) is 0 Å². The number of aromatic nitrogens is 4. The summed E-state index contributed by atoms with van der Waals surface area (Å²) in [6.45, 7) is 0. The molecule has 0 saturated heterocycles. The molecule has 0 aliphatic rings. The molecule has 0 fully saturated rings. The predicted octanol–water partition coefficient (Wildman–Crippen LogP) is 5.05. The first-order valence-corrected chi connectivity index (χ1v) is 5.72. The molecule has 0 aliphatic carbocycles. The van der Waals surface area contributed by atoms with Gasteiger partial charge in [0.2, 0.25) is 0 Å². The summed E-state index contributed by atoms with van der Waals surface area (Å²) in [7, 11) is 0. The Hall–Kier alpha value is -1.38. The molecule has 0 N–H and O–H groups in total.